The van der Waals surface area contributed by atoms with Gasteiger partial charge in [0.25, 0.3) is 0 Å². The number of hydrogen-bond acceptors (Lipinski definition) is 6. The fourth-order valence-electron chi connectivity index (χ4n) is 3.47. The number of nitrogens with zero attached hydrogens (tertiary/aromatic N) is 5. The fourth-order valence-corrected chi connectivity index (χ4v) is 3.47. The molecule has 4 aromatic heterocycles. The van der Waals surface area contributed by atoms with Crippen molar-refractivity contribution in [2.75, 3.05) is 11.1 Å². The number of nitrogens with one attached hydrogen (secondary N) is 1. The van der Waals surface area contributed by atoms with Crippen molar-refractivity contribution < 1.29 is 0 Å². The van der Waals surface area contributed by atoms with Crippen LogP contribution in [0.2, 0.25) is 0 Å². The molecule has 7 heteroatoms. The quantitative estimate of drug-likeness (QED) is 0.450. The molecule has 0 fully saturated rings. The van der Waals surface area contributed by atoms with Crippen molar-refractivity contribution in [3.8, 4) is 22.5 Å². The second kappa shape index (κ2) is 7.87. The first-order valence-electron chi connectivity index (χ1n) is 10.00. The number of aromatic nitrogens is 5. The highest BCUT2D eigenvalue weighted by atomic mass is 15.3. The Balaban J connectivity index is 1.65. The molecule has 152 valence electrons. The molecule has 0 aliphatic rings. The van der Waals surface area contributed by atoms with Gasteiger partial charge in [0.15, 0.2) is 11.6 Å². The molecule has 0 saturated heterocycles. The summed E-state index contributed by atoms with van der Waals surface area (Å²) in [5.74, 6) is 1.27. The molecule has 31 heavy (non-hydrogen) atoms. The van der Waals surface area contributed by atoms with Crippen molar-refractivity contribution in [3.63, 3.8) is 0 Å². The maximum atomic E-state index is 6.07. The van der Waals surface area contributed by atoms with E-state index in [0.717, 1.165) is 39.4 Å². The first-order valence-corrected chi connectivity index (χ1v) is 10.00. The van der Waals surface area contributed by atoms with Crippen LogP contribution >= 0.6 is 0 Å². The predicted octanol–water partition coefficient (Wildman–Crippen LogP) is 4.36. The third-order valence-electron chi connectivity index (χ3n) is 5.14. The Morgan fingerprint density at radius 2 is 1.81 bits per heavy atom. The van der Waals surface area contributed by atoms with Crippen LogP contribution in [-0.2, 0) is 6.54 Å². The first-order chi connectivity index (χ1) is 15.2. The van der Waals surface area contributed by atoms with Crippen LogP contribution in [0.3, 0.4) is 0 Å². The summed E-state index contributed by atoms with van der Waals surface area (Å²) in [6.45, 7) is 2.42. The van der Waals surface area contributed by atoms with E-state index in [0.29, 0.717) is 18.1 Å². The molecule has 0 spiro atoms. The monoisotopic (exact) mass is 407 g/mol. The van der Waals surface area contributed by atoms with E-state index in [1.54, 1.807) is 12.4 Å². The molecule has 0 saturated carbocycles. The molecule has 0 atom stereocenters. The Kier molecular flexibility index (Phi) is 4.76. The van der Waals surface area contributed by atoms with Crippen LogP contribution in [0.4, 0.5) is 11.5 Å². The molecule has 0 amide bonds. The topological polar surface area (TPSA) is 94.0 Å². The molecule has 0 aliphatic heterocycles. The number of nitrogen functional groups attached to an aromatic ring is 1. The lowest BCUT2D eigenvalue weighted by Crippen LogP contribution is -2.08. The summed E-state index contributed by atoms with van der Waals surface area (Å²) in [7, 11) is 0. The van der Waals surface area contributed by atoms with Crippen LogP contribution in [0.1, 0.15) is 11.4 Å². The molecule has 4 heterocycles. The molecular weight excluding hydrogens is 386 g/mol. The van der Waals surface area contributed by atoms with Crippen LogP contribution < -0.4 is 11.1 Å². The van der Waals surface area contributed by atoms with Crippen LogP contribution in [0.15, 0.2) is 79.3 Å². The average Bonchev–Trinajstić information content (AvgIpc) is 3.25. The summed E-state index contributed by atoms with van der Waals surface area (Å²) in [6.07, 6.45) is 5.47. The van der Waals surface area contributed by atoms with Gasteiger partial charge in [-0.05, 0) is 36.8 Å². The van der Waals surface area contributed by atoms with Gasteiger partial charge in [-0.15, -0.1) is 5.10 Å². The second-order valence-electron chi connectivity index (χ2n) is 7.25. The molecule has 5 aromatic rings. The van der Waals surface area contributed by atoms with Crippen molar-refractivity contribution in [2.45, 2.75) is 13.5 Å². The summed E-state index contributed by atoms with van der Waals surface area (Å²) in [5, 5.41) is 8.18. The first kappa shape index (κ1) is 18.7. The molecule has 0 unspecified atom stereocenters. The third kappa shape index (κ3) is 3.69. The molecule has 1 aromatic carbocycles. The summed E-state index contributed by atoms with van der Waals surface area (Å²) in [6, 6.07) is 20.0. The summed E-state index contributed by atoms with van der Waals surface area (Å²) >= 11 is 0. The maximum Gasteiger partial charge on any atom is 0.183 e. The Labute approximate surface area is 179 Å². The lowest BCUT2D eigenvalue weighted by Gasteiger charge is -2.12. The lowest BCUT2D eigenvalue weighted by molar-refractivity contribution is 0.905. The molecule has 3 N–H and O–H groups in total. The second-order valence-corrected chi connectivity index (χ2v) is 7.25. The van der Waals surface area contributed by atoms with Gasteiger partial charge in [0.2, 0.25) is 0 Å². The van der Waals surface area contributed by atoms with Gasteiger partial charge in [-0.2, -0.15) is 0 Å². The summed E-state index contributed by atoms with van der Waals surface area (Å²) < 4.78 is 1.85. The van der Waals surface area contributed by atoms with E-state index in [4.69, 9.17) is 15.8 Å². The Hall–Kier alpha value is -4.26. The molecule has 7 nitrogen and oxygen atoms in total. The van der Waals surface area contributed by atoms with Crippen LogP contribution in [0.5, 0.6) is 0 Å². The highest BCUT2D eigenvalue weighted by Crippen LogP contribution is 2.31. The molecule has 0 radical (unpaired) electrons. The van der Waals surface area contributed by atoms with E-state index in [1.165, 1.54) is 0 Å². The number of rotatable bonds is 5. The summed E-state index contributed by atoms with van der Waals surface area (Å²) in [5.41, 5.74) is 12.2. The number of benzene rings is 1. The summed E-state index contributed by atoms with van der Waals surface area (Å²) in [4.78, 5) is 13.6. The minimum Gasteiger partial charge on any atom is -0.397 e. The zero-order chi connectivity index (χ0) is 21.2. The Bertz CT molecular complexity index is 1350. The van der Waals surface area contributed by atoms with E-state index in [2.05, 4.69) is 33.5 Å². The zero-order valence-electron chi connectivity index (χ0n) is 17.0. The standard InChI is InChI=1S/C24H21N7/c1-16-21(25)13-18(14-27-16)23-29-24(28-15-19-9-5-6-11-26-19)22-20(10-12-31(22)30-23)17-7-3-2-4-8-17/h2-14H,15,25H2,1H3,(H,28,29,30). The van der Waals surface area contributed by atoms with Gasteiger partial charge >= 0.3 is 0 Å². The van der Waals surface area contributed by atoms with Crippen molar-refractivity contribution >= 4 is 17.0 Å². The molecular formula is C24H21N7. The minimum atomic E-state index is 0.542. The highest BCUT2D eigenvalue weighted by Gasteiger charge is 2.16. The smallest absolute Gasteiger partial charge is 0.183 e. The lowest BCUT2D eigenvalue weighted by atomic mass is 10.1. The number of pyridine rings is 2. The van der Waals surface area contributed by atoms with E-state index in [-0.39, 0.29) is 0 Å². The van der Waals surface area contributed by atoms with Crippen LogP contribution in [0.25, 0.3) is 28.0 Å². The van der Waals surface area contributed by atoms with Gasteiger partial charge in [-0.1, -0.05) is 36.4 Å². The number of fused-ring (bicyclic) bond motifs is 1. The number of nitrogens with two attached hydrogens (primary N) is 1. The van der Waals surface area contributed by atoms with Crippen LogP contribution in [-0.4, -0.2) is 24.6 Å². The average molecular weight is 407 g/mol. The Morgan fingerprint density at radius 1 is 0.968 bits per heavy atom. The maximum absolute atomic E-state index is 6.07. The van der Waals surface area contributed by atoms with Gasteiger partial charge in [0.1, 0.15) is 5.52 Å². The molecule has 0 bridgehead atoms. The third-order valence-corrected chi connectivity index (χ3v) is 5.14. The molecule has 5 rings (SSSR count). The fraction of sp³-hybridized carbons (Fsp3) is 0.0833. The number of aryl methyl sites for hydroxylation is 1. The van der Waals surface area contributed by atoms with E-state index in [1.807, 2.05) is 60.1 Å². The predicted molar refractivity (Wildman–Crippen MR) is 122 cm³/mol. The van der Waals surface area contributed by atoms with Gasteiger partial charge in [-0.25, -0.2) is 9.50 Å². The van der Waals surface area contributed by atoms with Gasteiger partial charge in [-0.3, -0.25) is 9.97 Å². The van der Waals surface area contributed by atoms with Crippen LogP contribution in [0, 0.1) is 6.92 Å². The van der Waals surface area contributed by atoms with Crippen molar-refractivity contribution in [1.29, 1.82) is 0 Å². The van der Waals surface area contributed by atoms with E-state index < -0.39 is 0 Å². The zero-order valence-corrected chi connectivity index (χ0v) is 17.0. The van der Waals surface area contributed by atoms with Crippen molar-refractivity contribution in [1.82, 2.24) is 24.6 Å². The highest BCUT2D eigenvalue weighted by molar-refractivity contribution is 5.89. The largest absolute Gasteiger partial charge is 0.397 e. The minimum absolute atomic E-state index is 0.542. The molecule has 0 aliphatic carbocycles. The Morgan fingerprint density at radius 3 is 2.58 bits per heavy atom. The normalized spacial score (nSPS) is 11.0. The van der Waals surface area contributed by atoms with Crippen molar-refractivity contribution in [3.05, 3.63) is 90.6 Å². The number of hydrogen-bond donors (Lipinski definition) is 2. The number of anilines is 2. The van der Waals surface area contributed by atoms with Crippen molar-refractivity contribution in [2.24, 2.45) is 0 Å². The van der Waals surface area contributed by atoms with Gasteiger partial charge in [0, 0.05) is 29.7 Å². The van der Waals surface area contributed by atoms with Gasteiger partial charge < -0.3 is 11.1 Å². The van der Waals surface area contributed by atoms with E-state index in [9.17, 15) is 0 Å². The van der Waals surface area contributed by atoms with E-state index >= 15 is 0 Å². The SMILES string of the molecule is Cc1ncc(-c2nc(NCc3ccccn3)c3c(-c4ccccc4)ccn3n2)cc1N. The van der Waals surface area contributed by atoms with Gasteiger partial charge in [0.05, 0.1) is 23.6 Å².